The summed E-state index contributed by atoms with van der Waals surface area (Å²) in [4.78, 5) is 14.9. The Morgan fingerprint density at radius 1 is 1.18 bits per heavy atom. The van der Waals surface area contributed by atoms with E-state index in [0.29, 0.717) is 49.5 Å². The first-order valence-corrected chi connectivity index (χ1v) is 11.1. The average Bonchev–Trinajstić information content (AvgIpc) is 3.25. The van der Waals surface area contributed by atoms with E-state index in [1.54, 1.807) is 23.1 Å². The molecule has 33 heavy (non-hydrogen) atoms. The summed E-state index contributed by atoms with van der Waals surface area (Å²) in [6, 6.07) is 7.96. The summed E-state index contributed by atoms with van der Waals surface area (Å²) < 4.78 is 47.0. The third-order valence-electron chi connectivity index (χ3n) is 7.04. The highest BCUT2D eigenvalue weighted by Gasteiger charge is 2.44. The first-order chi connectivity index (χ1) is 15.5. The number of aliphatic hydroxyl groups is 1. The topological polar surface area (TPSA) is 66.7 Å². The van der Waals surface area contributed by atoms with E-state index in [1.165, 1.54) is 11.7 Å². The smallest absolute Gasteiger partial charge is 0.431 e. The Bertz CT molecular complexity index is 1050. The number of benzene rings is 1. The number of methoxy groups -OCH3 is 1. The number of hydrogen-bond donors (Lipinski definition) is 2. The van der Waals surface area contributed by atoms with Crippen LogP contribution in [0.25, 0.3) is 0 Å². The van der Waals surface area contributed by atoms with Crippen LogP contribution in [-0.2, 0) is 23.7 Å². The van der Waals surface area contributed by atoms with E-state index in [-0.39, 0.29) is 21.9 Å². The summed E-state index contributed by atoms with van der Waals surface area (Å²) in [6.45, 7) is 5.34. The Morgan fingerprint density at radius 3 is 2.48 bits per heavy atom. The molecule has 1 fully saturated rings. The van der Waals surface area contributed by atoms with Crippen LogP contribution in [-0.4, -0.2) is 53.8 Å². The molecule has 9 heteroatoms. The first-order valence-electron chi connectivity index (χ1n) is 11.1. The zero-order chi connectivity index (χ0) is 24.0. The predicted octanol–water partition coefficient (Wildman–Crippen LogP) is 4.01. The van der Waals surface area contributed by atoms with Crippen LogP contribution in [0.4, 0.5) is 13.2 Å². The molecule has 184 valence electrons. The molecule has 1 amide bonds. The molecular formula is C24H34F3N3O3. The number of rotatable bonds is 4. The molecule has 0 radical (unpaired) electrons. The molecule has 1 spiro atoms. The second kappa shape index (κ2) is 8.36. The molecule has 2 N–H and O–H groups in total. The summed E-state index contributed by atoms with van der Waals surface area (Å²) in [5, 5.41) is 13.1. The van der Waals surface area contributed by atoms with Gasteiger partial charge in [-0.15, -0.1) is 0 Å². The maximum atomic E-state index is 13.4. The average molecular weight is 470 g/mol. The Kier molecular flexibility index (Phi) is 5.99. The molecule has 2 aromatic rings. The number of amides is 1. The minimum absolute atomic E-state index is 0. The molecule has 0 bridgehead atoms. The number of aromatic nitrogens is 1. The second-order valence-corrected chi connectivity index (χ2v) is 9.51. The van der Waals surface area contributed by atoms with Gasteiger partial charge in [-0.05, 0) is 37.1 Å². The quantitative estimate of drug-likeness (QED) is 0.710. The fraction of sp³-hybridized carbons (Fsp3) is 0.542. The minimum Gasteiger partial charge on any atom is -0.496 e. The fourth-order valence-corrected chi connectivity index (χ4v) is 5.05. The lowest BCUT2D eigenvalue weighted by molar-refractivity contribution is -0.144. The normalized spacial score (nSPS) is 18.3. The lowest BCUT2D eigenvalue weighted by Crippen LogP contribution is -2.56. The van der Waals surface area contributed by atoms with Crippen LogP contribution in [0.2, 0.25) is 0 Å². The number of nitrogens with zero attached hydrogens (tertiary/aromatic N) is 2. The SMILES string of the molecule is COc1cc(C(=O)N2CCC3(CC2)NCCn2c(C(F)(F)F)ccc23)ccc1C(C)(C)CO.[HH].[HH]. The van der Waals surface area contributed by atoms with Crippen LogP contribution >= 0.6 is 0 Å². The van der Waals surface area contributed by atoms with Gasteiger partial charge in [0.1, 0.15) is 11.4 Å². The first kappa shape index (κ1) is 23.6. The van der Waals surface area contributed by atoms with Gasteiger partial charge in [-0.1, -0.05) is 19.9 Å². The van der Waals surface area contributed by atoms with E-state index in [1.807, 2.05) is 19.9 Å². The van der Waals surface area contributed by atoms with Gasteiger partial charge in [0.2, 0.25) is 0 Å². The van der Waals surface area contributed by atoms with Crippen molar-refractivity contribution in [3.63, 3.8) is 0 Å². The highest BCUT2D eigenvalue weighted by Crippen LogP contribution is 2.40. The van der Waals surface area contributed by atoms with Crippen LogP contribution in [0.5, 0.6) is 5.75 Å². The number of likely N-dealkylation sites (tertiary alicyclic amines) is 1. The molecule has 1 aromatic carbocycles. The van der Waals surface area contributed by atoms with E-state index < -0.39 is 22.8 Å². The van der Waals surface area contributed by atoms with Gasteiger partial charge in [0.25, 0.3) is 5.91 Å². The number of fused-ring (bicyclic) bond motifs is 2. The summed E-state index contributed by atoms with van der Waals surface area (Å²) in [6.07, 6.45) is -3.32. The number of carbonyl (C=O) groups is 1. The van der Waals surface area contributed by atoms with Crippen LogP contribution in [0.15, 0.2) is 30.3 Å². The molecule has 1 saturated heterocycles. The fourth-order valence-electron chi connectivity index (χ4n) is 5.05. The van der Waals surface area contributed by atoms with Crippen molar-refractivity contribution in [2.75, 3.05) is 33.4 Å². The number of nitrogens with one attached hydrogen (secondary N) is 1. The molecular weight excluding hydrogens is 435 g/mol. The Hall–Kier alpha value is -2.52. The predicted molar refractivity (Wildman–Crippen MR) is 122 cm³/mol. The molecule has 2 aliphatic rings. The van der Waals surface area contributed by atoms with Crippen LogP contribution in [0.3, 0.4) is 0 Å². The van der Waals surface area contributed by atoms with Crippen molar-refractivity contribution in [2.24, 2.45) is 0 Å². The lowest BCUT2D eigenvalue weighted by Gasteiger charge is -2.45. The standard InChI is InChI=1S/C24H30F3N3O3.2H2/c1-22(2,15-31)17-5-4-16(14-18(17)33-3)21(32)29-11-8-23(9-12-29)19-6-7-20(24(25,26)27)30(19)13-10-28-23;;/h4-7,14,28,31H,8-13,15H2,1-3H3;2*1H. The van der Waals surface area contributed by atoms with Gasteiger partial charge in [-0.2, -0.15) is 13.2 Å². The summed E-state index contributed by atoms with van der Waals surface area (Å²) in [7, 11) is 1.53. The number of alkyl halides is 3. The number of ether oxygens (including phenoxy) is 1. The van der Waals surface area contributed by atoms with Crippen molar-refractivity contribution in [2.45, 2.75) is 50.4 Å². The maximum absolute atomic E-state index is 13.4. The largest absolute Gasteiger partial charge is 0.496 e. The third-order valence-corrected chi connectivity index (χ3v) is 7.04. The third kappa shape index (κ3) is 4.12. The van der Waals surface area contributed by atoms with E-state index >= 15 is 0 Å². The van der Waals surface area contributed by atoms with Gasteiger partial charge in [0.15, 0.2) is 0 Å². The minimum atomic E-state index is -4.39. The number of piperidine rings is 1. The van der Waals surface area contributed by atoms with E-state index in [2.05, 4.69) is 5.32 Å². The van der Waals surface area contributed by atoms with Crippen molar-refractivity contribution in [1.29, 1.82) is 0 Å². The highest BCUT2D eigenvalue weighted by molar-refractivity contribution is 5.95. The zero-order valence-corrected chi connectivity index (χ0v) is 19.1. The number of carbonyl (C=O) groups excluding carboxylic acids is 1. The van der Waals surface area contributed by atoms with Crippen molar-refractivity contribution < 1.29 is 30.7 Å². The molecule has 1 aromatic heterocycles. The Balaban J connectivity index is 0.00000216. The van der Waals surface area contributed by atoms with Gasteiger partial charge >= 0.3 is 6.18 Å². The van der Waals surface area contributed by atoms with Gasteiger partial charge in [0, 0.05) is 51.3 Å². The molecule has 0 atom stereocenters. The van der Waals surface area contributed by atoms with Crippen molar-refractivity contribution >= 4 is 5.91 Å². The Morgan fingerprint density at radius 2 is 1.88 bits per heavy atom. The highest BCUT2D eigenvalue weighted by atomic mass is 19.4. The van der Waals surface area contributed by atoms with Crippen LogP contribution < -0.4 is 10.1 Å². The molecule has 2 aliphatic heterocycles. The number of hydrogen-bond acceptors (Lipinski definition) is 4. The maximum Gasteiger partial charge on any atom is 0.431 e. The summed E-state index contributed by atoms with van der Waals surface area (Å²) in [5.74, 6) is 0.401. The van der Waals surface area contributed by atoms with Crippen LogP contribution in [0.1, 0.15) is 56.9 Å². The number of halogens is 3. The van der Waals surface area contributed by atoms with Gasteiger partial charge in [-0.25, -0.2) is 0 Å². The van der Waals surface area contributed by atoms with Crippen molar-refractivity contribution in [3.8, 4) is 5.75 Å². The van der Waals surface area contributed by atoms with Crippen molar-refractivity contribution in [1.82, 2.24) is 14.8 Å². The Labute approximate surface area is 194 Å². The van der Waals surface area contributed by atoms with E-state index in [9.17, 15) is 23.1 Å². The van der Waals surface area contributed by atoms with E-state index in [4.69, 9.17) is 4.74 Å². The molecule has 0 saturated carbocycles. The summed E-state index contributed by atoms with van der Waals surface area (Å²) >= 11 is 0. The van der Waals surface area contributed by atoms with Gasteiger partial charge in [0.05, 0.1) is 19.3 Å². The van der Waals surface area contributed by atoms with Crippen molar-refractivity contribution in [3.05, 3.63) is 52.8 Å². The van der Waals surface area contributed by atoms with Gasteiger partial charge in [-0.3, -0.25) is 4.79 Å². The zero-order valence-electron chi connectivity index (χ0n) is 19.1. The molecule has 0 aliphatic carbocycles. The molecule has 6 nitrogen and oxygen atoms in total. The molecule has 3 heterocycles. The number of aliphatic hydroxyl groups excluding tert-OH is 1. The second-order valence-electron chi connectivity index (χ2n) is 9.51. The molecule has 0 unspecified atom stereocenters. The molecule has 4 rings (SSSR count). The van der Waals surface area contributed by atoms with Gasteiger partial charge < -0.3 is 24.6 Å². The van der Waals surface area contributed by atoms with E-state index in [0.717, 1.165) is 11.6 Å². The van der Waals surface area contributed by atoms with Crippen LogP contribution in [0, 0.1) is 0 Å². The monoisotopic (exact) mass is 469 g/mol. The lowest BCUT2D eigenvalue weighted by atomic mass is 9.82. The summed E-state index contributed by atoms with van der Waals surface area (Å²) in [5.41, 5.74) is 0.251.